The fraction of sp³-hybridized carbons (Fsp3) is 0. The number of hydrogen-bond donors (Lipinski definition) is 1. The van der Waals surface area contributed by atoms with Gasteiger partial charge >= 0.3 is 51.4 Å². The molecule has 2 N–H and O–H groups in total. The zero-order valence-electron chi connectivity index (χ0n) is 7.31. The van der Waals surface area contributed by atoms with Crippen LogP contribution in [0, 0.1) is 0 Å². The molecule has 0 saturated carbocycles. The maximum atomic E-state index is 10.7. The molecule has 0 aliphatic heterocycles. The van der Waals surface area contributed by atoms with Crippen LogP contribution >= 0.6 is 0 Å². The standard InChI is InChI=1S/C10H8N2O2.K.H/c11-12-10-8(6-13)5-7-3-1-2-4-9(7)14-10;;/h1-6H,11H2;;. The van der Waals surface area contributed by atoms with Gasteiger partial charge in [0.25, 0.3) is 0 Å². The predicted molar refractivity (Wildman–Crippen MR) is 58.5 cm³/mol. The van der Waals surface area contributed by atoms with Crippen molar-refractivity contribution in [3.05, 3.63) is 41.4 Å². The SMILES string of the molecule is NN=c1oc2ccccc2cc1C=O.[KH]. The summed E-state index contributed by atoms with van der Waals surface area (Å²) >= 11 is 0. The van der Waals surface area contributed by atoms with Crippen LogP contribution in [0.15, 0.2) is 39.9 Å². The number of hydrogen-bond acceptors (Lipinski definition) is 4. The second kappa shape index (κ2) is 5.57. The van der Waals surface area contributed by atoms with E-state index in [2.05, 4.69) is 5.10 Å². The van der Waals surface area contributed by atoms with E-state index < -0.39 is 0 Å². The van der Waals surface area contributed by atoms with Crippen molar-refractivity contribution in [3.63, 3.8) is 0 Å². The maximum absolute atomic E-state index is 10.7. The Morgan fingerprint density at radius 1 is 1.33 bits per heavy atom. The minimum absolute atomic E-state index is 0. The summed E-state index contributed by atoms with van der Waals surface area (Å²) in [4.78, 5) is 10.7. The van der Waals surface area contributed by atoms with E-state index in [-0.39, 0.29) is 56.9 Å². The molecule has 2 rings (SSSR count). The molecule has 1 aromatic heterocycles. The Morgan fingerprint density at radius 3 is 2.73 bits per heavy atom. The molecule has 0 atom stereocenters. The first-order chi connectivity index (χ1) is 6.85. The molecule has 72 valence electrons. The molecular formula is C10H9KN2O2. The predicted octanol–water partition coefficient (Wildman–Crippen LogP) is 0.371. The van der Waals surface area contributed by atoms with E-state index in [1.54, 1.807) is 12.1 Å². The van der Waals surface area contributed by atoms with Gasteiger partial charge in [-0.25, -0.2) is 0 Å². The van der Waals surface area contributed by atoms with Gasteiger partial charge in [-0.3, -0.25) is 4.79 Å². The molecule has 1 heterocycles. The molecule has 0 aliphatic rings. The van der Waals surface area contributed by atoms with E-state index >= 15 is 0 Å². The summed E-state index contributed by atoms with van der Waals surface area (Å²) in [5.41, 5.74) is 1.16. The molecule has 0 unspecified atom stereocenters. The Bertz CT molecular complexity index is 548. The fourth-order valence-corrected chi connectivity index (χ4v) is 1.27. The third kappa shape index (κ3) is 2.56. The van der Waals surface area contributed by atoms with Crippen molar-refractivity contribution in [2.45, 2.75) is 0 Å². The van der Waals surface area contributed by atoms with Gasteiger partial charge in [0.1, 0.15) is 5.58 Å². The molecule has 4 nitrogen and oxygen atoms in total. The van der Waals surface area contributed by atoms with Crippen LogP contribution in [0.4, 0.5) is 0 Å². The molecule has 0 radical (unpaired) electrons. The Hall–Kier alpha value is -0.464. The van der Waals surface area contributed by atoms with Gasteiger partial charge in [-0.1, -0.05) is 18.2 Å². The van der Waals surface area contributed by atoms with Gasteiger partial charge < -0.3 is 10.3 Å². The Labute approximate surface area is 129 Å². The van der Waals surface area contributed by atoms with Gasteiger partial charge in [0, 0.05) is 5.39 Å². The van der Waals surface area contributed by atoms with E-state index in [1.165, 1.54) is 0 Å². The summed E-state index contributed by atoms with van der Waals surface area (Å²) in [7, 11) is 0. The molecule has 15 heavy (non-hydrogen) atoms. The summed E-state index contributed by atoms with van der Waals surface area (Å²) in [5.74, 6) is 5.09. The first-order valence-corrected chi connectivity index (χ1v) is 4.07. The van der Waals surface area contributed by atoms with Crippen LogP contribution in [0.2, 0.25) is 0 Å². The molecule has 0 bridgehead atoms. The van der Waals surface area contributed by atoms with Gasteiger partial charge in [0.2, 0.25) is 5.55 Å². The van der Waals surface area contributed by atoms with Crippen molar-refractivity contribution < 1.29 is 9.21 Å². The van der Waals surface area contributed by atoms with Crippen LogP contribution in [0.5, 0.6) is 0 Å². The summed E-state index contributed by atoms with van der Waals surface area (Å²) in [5, 5.41) is 4.24. The molecule has 0 aliphatic carbocycles. The summed E-state index contributed by atoms with van der Waals surface area (Å²) in [6.07, 6.45) is 0.668. The molecule has 0 saturated heterocycles. The second-order valence-corrected chi connectivity index (χ2v) is 2.79. The molecule has 1 aromatic carbocycles. The van der Waals surface area contributed by atoms with Crippen molar-refractivity contribution in [1.82, 2.24) is 0 Å². The third-order valence-corrected chi connectivity index (χ3v) is 1.93. The first-order valence-electron chi connectivity index (χ1n) is 4.07. The van der Waals surface area contributed by atoms with E-state index in [0.29, 0.717) is 17.4 Å². The molecule has 2 aromatic rings. The van der Waals surface area contributed by atoms with Crippen molar-refractivity contribution >= 4 is 68.6 Å². The quantitative estimate of drug-likeness (QED) is 0.332. The molecule has 5 heteroatoms. The number of para-hydroxylation sites is 1. The molecule has 0 fully saturated rings. The average Bonchev–Trinajstić information content (AvgIpc) is 2.27. The zero-order valence-corrected chi connectivity index (χ0v) is 7.31. The van der Waals surface area contributed by atoms with Crippen LogP contribution in [0.3, 0.4) is 0 Å². The van der Waals surface area contributed by atoms with Crippen molar-refractivity contribution in [2.75, 3.05) is 0 Å². The van der Waals surface area contributed by atoms with Gasteiger partial charge in [-0.15, -0.1) is 5.10 Å². The van der Waals surface area contributed by atoms with E-state index in [4.69, 9.17) is 10.3 Å². The summed E-state index contributed by atoms with van der Waals surface area (Å²) < 4.78 is 5.31. The monoisotopic (exact) mass is 228 g/mol. The number of carbonyl (C=O) groups is 1. The summed E-state index contributed by atoms with van der Waals surface area (Å²) in [6.45, 7) is 0. The number of rotatable bonds is 1. The molecule has 0 spiro atoms. The third-order valence-electron chi connectivity index (χ3n) is 1.93. The zero-order chi connectivity index (χ0) is 9.97. The molecular weight excluding hydrogens is 219 g/mol. The van der Waals surface area contributed by atoms with Crippen LogP contribution in [-0.2, 0) is 0 Å². The second-order valence-electron chi connectivity index (χ2n) is 2.79. The van der Waals surface area contributed by atoms with E-state index in [0.717, 1.165) is 5.39 Å². The number of nitrogens with two attached hydrogens (primary N) is 1. The van der Waals surface area contributed by atoms with Crippen LogP contribution in [0.25, 0.3) is 11.0 Å². The Kier molecular flexibility index (Phi) is 4.68. The van der Waals surface area contributed by atoms with Crippen molar-refractivity contribution in [2.24, 2.45) is 10.9 Å². The van der Waals surface area contributed by atoms with Gasteiger partial charge in [0.05, 0.1) is 5.56 Å². The van der Waals surface area contributed by atoms with Crippen LogP contribution in [-0.4, -0.2) is 57.7 Å². The number of nitrogens with zero attached hydrogens (tertiary/aromatic N) is 1. The normalized spacial score (nSPS) is 11.1. The van der Waals surface area contributed by atoms with Gasteiger partial charge in [-0.2, -0.15) is 0 Å². The van der Waals surface area contributed by atoms with Gasteiger partial charge in [0.15, 0.2) is 6.29 Å². The van der Waals surface area contributed by atoms with Crippen molar-refractivity contribution in [3.8, 4) is 0 Å². The minimum atomic E-state index is 0. The van der Waals surface area contributed by atoms with Gasteiger partial charge in [-0.05, 0) is 12.1 Å². The topological polar surface area (TPSA) is 68.6 Å². The Morgan fingerprint density at radius 2 is 2.07 bits per heavy atom. The van der Waals surface area contributed by atoms with Crippen LogP contribution < -0.4 is 11.4 Å². The number of fused-ring (bicyclic) bond motifs is 1. The molecule has 0 amide bonds. The van der Waals surface area contributed by atoms with E-state index in [9.17, 15) is 4.79 Å². The Balaban J connectivity index is 0.00000112. The summed E-state index contributed by atoms with van der Waals surface area (Å²) in [6, 6.07) is 9.04. The fourth-order valence-electron chi connectivity index (χ4n) is 1.27. The van der Waals surface area contributed by atoms with E-state index in [1.807, 2.05) is 18.2 Å². The first kappa shape index (κ1) is 12.6. The number of benzene rings is 1. The number of aldehydes is 1. The van der Waals surface area contributed by atoms with Crippen molar-refractivity contribution in [1.29, 1.82) is 0 Å². The number of carbonyl (C=O) groups excluding carboxylic acids is 1. The van der Waals surface area contributed by atoms with Crippen LogP contribution in [0.1, 0.15) is 10.4 Å². The average molecular weight is 228 g/mol.